The van der Waals surface area contributed by atoms with Gasteiger partial charge in [0.1, 0.15) is 11.6 Å². The van der Waals surface area contributed by atoms with Gasteiger partial charge in [0, 0.05) is 6.54 Å². The third-order valence-corrected chi connectivity index (χ3v) is 3.05. The molecule has 21 heavy (non-hydrogen) atoms. The molecule has 0 aliphatic rings. The lowest BCUT2D eigenvalue weighted by molar-refractivity contribution is -0.148. The number of rotatable bonds is 6. The number of hydrogen-bond acceptors (Lipinski definition) is 5. The first kappa shape index (κ1) is 19.2. The van der Waals surface area contributed by atoms with Crippen molar-refractivity contribution in [2.24, 2.45) is 5.92 Å². The molecule has 0 fully saturated rings. The van der Waals surface area contributed by atoms with Crippen LogP contribution in [0.3, 0.4) is 0 Å². The average Bonchev–Trinajstić information content (AvgIpc) is 2.39. The Labute approximate surface area is 127 Å². The zero-order valence-corrected chi connectivity index (χ0v) is 13.8. The maximum Gasteiger partial charge on any atom is 0.411 e. The monoisotopic (exact) mass is 298 g/mol. The van der Waals surface area contributed by atoms with Crippen molar-refractivity contribution in [1.29, 1.82) is 5.26 Å². The highest BCUT2D eigenvalue weighted by Crippen LogP contribution is 2.20. The number of ether oxygens (including phenoxy) is 2. The molecule has 0 aliphatic carbocycles. The summed E-state index contributed by atoms with van der Waals surface area (Å²) in [5, 5.41) is 8.76. The van der Waals surface area contributed by atoms with Gasteiger partial charge in [-0.15, -0.1) is 0 Å². The fourth-order valence-corrected chi connectivity index (χ4v) is 1.85. The summed E-state index contributed by atoms with van der Waals surface area (Å²) in [6, 6.07) is 1.24. The van der Waals surface area contributed by atoms with Gasteiger partial charge in [0.25, 0.3) is 0 Å². The summed E-state index contributed by atoms with van der Waals surface area (Å²) in [7, 11) is 1.29. The molecule has 6 heteroatoms. The van der Waals surface area contributed by atoms with Crippen LogP contribution in [0.4, 0.5) is 4.79 Å². The van der Waals surface area contributed by atoms with Gasteiger partial charge in [-0.05, 0) is 26.7 Å². The van der Waals surface area contributed by atoms with Gasteiger partial charge in [0.15, 0.2) is 0 Å². The number of carbonyl (C=O) groups excluding carboxylic acids is 2. The summed E-state index contributed by atoms with van der Waals surface area (Å²) in [4.78, 5) is 25.7. The van der Waals surface area contributed by atoms with E-state index in [2.05, 4.69) is 0 Å². The summed E-state index contributed by atoms with van der Waals surface area (Å²) in [6.45, 7) is 9.19. The van der Waals surface area contributed by atoms with Crippen LogP contribution in [0.2, 0.25) is 0 Å². The average molecular weight is 298 g/mol. The molecule has 0 unspecified atom stereocenters. The van der Waals surface area contributed by atoms with Gasteiger partial charge in [-0.1, -0.05) is 20.3 Å². The normalized spacial score (nSPS) is 13.8. The minimum absolute atomic E-state index is 0.0938. The van der Waals surface area contributed by atoms with Crippen molar-refractivity contribution >= 4 is 12.1 Å². The Morgan fingerprint density at radius 2 is 1.90 bits per heavy atom. The first-order valence-corrected chi connectivity index (χ1v) is 7.12. The van der Waals surface area contributed by atoms with Crippen LogP contribution in [0.1, 0.15) is 47.5 Å². The van der Waals surface area contributed by atoms with Gasteiger partial charge in [0.2, 0.25) is 0 Å². The largest absolute Gasteiger partial charge is 0.467 e. The van der Waals surface area contributed by atoms with E-state index in [1.54, 1.807) is 20.8 Å². The van der Waals surface area contributed by atoms with Crippen molar-refractivity contribution in [3.8, 4) is 6.07 Å². The van der Waals surface area contributed by atoms with Crippen molar-refractivity contribution < 1.29 is 19.1 Å². The summed E-state index contributed by atoms with van der Waals surface area (Å²) < 4.78 is 10.1. The van der Waals surface area contributed by atoms with Crippen LogP contribution >= 0.6 is 0 Å². The molecule has 0 bridgehead atoms. The second-order valence-electron chi connectivity index (χ2n) is 5.94. The Morgan fingerprint density at radius 1 is 1.33 bits per heavy atom. The fourth-order valence-electron chi connectivity index (χ4n) is 1.85. The van der Waals surface area contributed by atoms with Crippen molar-refractivity contribution in [3.63, 3.8) is 0 Å². The lowest BCUT2D eigenvalue weighted by Gasteiger charge is -2.34. The zero-order valence-electron chi connectivity index (χ0n) is 13.8. The summed E-state index contributed by atoms with van der Waals surface area (Å²) >= 11 is 0. The predicted octanol–water partition coefficient (Wildman–Crippen LogP) is 2.72. The molecule has 6 nitrogen and oxygen atoms in total. The molecule has 0 saturated heterocycles. The van der Waals surface area contributed by atoms with E-state index in [1.165, 1.54) is 12.0 Å². The van der Waals surface area contributed by atoms with Crippen LogP contribution in [0.25, 0.3) is 0 Å². The van der Waals surface area contributed by atoms with E-state index < -0.39 is 23.7 Å². The second-order valence-corrected chi connectivity index (χ2v) is 5.94. The summed E-state index contributed by atoms with van der Waals surface area (Å²) in [5.74, 6) is -0.586. The lowest BCUT2D eigenvalue weighted by atomic mass is 9.97. The van der Waals surface area contributed by atoms with Gasteiger partial charge >= 0.3 is 12.1 Å². The molecule has 0 aliphatic heterocycles. The number of amides is 1. The third kappa shape index (κ3) is 6.48. The van der Waals surface area contributed by atoms with E-state index in [9.17, 15) is 9.59 Å². The molecule has 2 atom stereocenters. The van der Waals surface area contributed by atoms with Crippen LogP contribution in [-0.2, 0) is 14.3 Å². The van der Waals surface area contributed by atoms with E-state index in [-0.39, 0.29) is 18.9 Å². The molecule has 0 aromatic rings. The topological polar surface area (TPSA) is 79.6 Å². The molecule has 0 radical (unpaired) electrons. The van der Waals surface area contributed by atoms with Crippen molar-refractivity contribution in [2.45, 2.75) is 59.1 Å². The highest BCUT2D eigenvalue weighted by Gasteiger charge is 2.36. The van der Waals surface area contributed by atoms with Crippen molar-refractivity contribution in [3.05, 3.63) is 0 Å². The van der Waals surface area contributed by atoms with Crippen molar-refractivity contribution in [2.75, 3.05) is 13.7 Å². The molecular weight excluding hydrogens is 272 g/mol. The van der Waals surface area contributed by atoms with Crippen LogP contribution in [-0.4, -0.2) is 42.3 Å². The Balaban J connectivity index is 5.36. The third-order valence-electron chi connectivity index (χ3n) is 3.05. The Bertz CT molecular complexity index is 395. The van der Waals surface area contributed by atoms with Gasteiger partial charge < -0.3 is 9.47 Å². The van der Waals surface area contributed by atoms with Crippen LogP contribution in [0.15, 0.2) is 0 Å². The molecular formula is C15H26N2O4. The fraction of sp³-hybridized carbons (Fsp3) is 0.800. The van der Waals surface area contributed by atoms with E-state index in [0.717, 1.165) is 0 Å². The highest BCUT2D eigenvalue weighted by atomic mass is 16.6. The molecule has 1 amide bonds. The van der Waals surface area contributed by atoms with Crippen molar-refractivity contribution in [1.82, 2.24) is 4.90 Å². The quantitative estimate of drug-likeness (QED) is 0.704. The first-order chi connectivity index (χ1) is 9.67. The lowest BCUT2D eigenvalue weighted by Crippen LogP contribution is -2.51. The SMILES string of the molecule is CC[C@H](C)[C@@H](C(=O)OC)N(CCC#N)C(=O)OC(C)(C)C. The maximum absolute atomic E-state index is 12.3. The van der Waals surface area contributed by atoms with E-state index in [0.29, 0.717) is 6.42 Å². The molecule has 0 saturated carbocycles. The van der Waals surface area contributed by atoms with Crippen LogP contribution in [0, 0.1) is 17.2 Å². The van der Waals surface area contributed by atoms with Crippen LogP contribution < -0.4 is 0 Å². The summed E-state index contributed by atoms with van der Waals surface area (Å²) in [5.41, 5.74) is -0.669. The number of nitriles is 1. The molecule has 0 spiro atoms. The van der Waals surface area contributed by atoms with E-state index in [4.69, 9.17) is 14.7 Å². The maximum atomic E-state index is 12.3. The number of esters is 1. The van der Waals surface area contributed by atoms with E-state index >= 15 is 0 Å². The minimum Gasteiger partial charge on any atom is -0.467 e. The second kappa shape index (κ2) is 8.50. The molecule has 0 heterocycles. The summed E-state index contributed by atoms with van der Waals surface area (Å²) in [6.07, 6.45) is 0.225. The van der Waals surface area contributed by atoms with Crippen LogP contribution in [0.5, 0.6) is 0 Å². The molecule has 120 valence electrons. The Morgan fingerprint density at radius 3 is 2.29 bits per heavy atom. The number of methoxy groups -OCH3 is 1. The molecule has 0 aromatic carbocycles. The molecule has 0 rings (SSSR count). The minimum atomic E-state index is -0.747. The number of carbonyl (C=O) groups is 2. The van der Waals surface area contributed by atoms with Gasteiger partial charge in [-0.3, -0.25) is 4.90 Å². The standard InChI is InChI=1S/C15H26N2O4/c1-7-11(2)12(13(18)20-6)17(10-8-9-16)14(19)21-15(3,4)5/h11-12H,7-8,10H2,1-6H3/t11-,12-/m0/s1. The number of nitrogens with zero attached hydrogens (tertiary/aromatic N) is 2. The smallest absolute Gasteiger partial charge is 0.411 e. The van der Waals surface area contributed by atoms with E-state index in [1.807, 2.05) is 19.9 Å². The first-order valence-electron chi connectivity index (χ1n) is 7.12. The number of hydrogen-bond donors (Lipinski definition) is 0. The molecule has 0 N–H and O–H groups in total. The zero-order chi connectivity index (χ0) is 16.6. The highest BCUT2D eigenvalue weighted by molar-refractivity contribution is 5.81. The Kier molecular flexibility index (Phi) is 7.79. The van der Waals surface area contributed by atoms with Gasteiger partial charge in [0.05, 0.1) is 19.6 Å². The Hall–Kier alpha value is -1.77. The molecule has 0 aromatic heterocycles. The van der Waals surface area contributed by atoms with Gasteiger partial charge in [-0.25, -0.2) is 9.59 Å². The van der Waals surface area contributed by atoms with Gasteiger partial charge in [-0.2, -0.15) is 5.26 Å². The predicted molar refractivity (Wildman–Crippen MR) is 78.4 cm³/mol.